The Balaban J connectivity index is 0.000000101. The molecule has 0 amide bonds. The maximum Gasteiger partial charge on any atom is 0.122 e. The van der Waals surface area contributed by atoms with Gasteiger partial charge in [-0.15, -0.1) is 0 Å². The van der Waals surface area contributed by atoms with Crippen LogP contribution < -0.4 is 4.74 Å². The van der Waals surface area contributed by atoms with E-state index in [1.165, 1.54) is 44.1 Å². The van der Waals surface area contributed by atoms with Gasteiger partial charge in [0.1, 0.15) is 5.75 Å². The second-order valence-electron chi connectivity index (χ2n) is 12.8. The lowest BCUT2D eigenvalue weighted by molar-refractivity contribution is 0.337. The fourth-order valence-electron chi connectivity index (χ4n) is 7.79. The standard InChI is InChI=1S/2C13H16.C9H10O/c1-13-8-11(7-12(13)9-13)10-5-3-2-4-6-10;1-10-7-12-9-13(12,8-10)11-5-3-2-4-6-11;1-7-6-10-9-5-3-2-4-8(7)9/h2-6,11-12H,7-9H2,1H3;2-6,10,12H,7-9H2,1H3;2-5,7H,6H2,1H3/t11?,12?,13-;10-,12?,13?;7-/m000/s1. The lowest BCUT2D eigenvalue weighted by Crippen LogP contribution is -2.06. The van der Waals surface area contributed by atoms with Crippen molar-refractivity contribution in [1.82, 2.24) is 0 Å². The predicted molar refractivity (Wildman–Crippen MR) is 150 cm³/mol. The Labute approximate surface area is 218 Å². The summed E-state index contributed by atoms with van der Waals surface area (Å²) < 4.78 is 5.41. The molecule has 4 saturated carbocycles. The molecule has 8 rings (SSSR count). The van der Waals surface area contributed by atoms with Gasteiger partial charge in [-0.25, -0.2) is 0 Å². The summed E-state index contributed by atoms with van der Waals surface area (Å²) in [5.74, 6) is 5.54. The van der Waals surface area contributed by atoms with Gasteiger partial charge in [0.2, 0.25) is 0 Å². The zero-order valence-corrected chi connectivity index (χ0v) is 22.3. The number of hydrogen-bond donors (Lipinski definition) is 0. The topological polar surface area (TPSA) is 9.23 Å². The molecule has 1 heteroatoms. The Morgan fingerprint density at radius 3 is 2.03 bits per heavy atom. The third kappa shape index (κ3) is 4.62. The smallest absolute Gasteiger partial charge is 0.122 e. The summed E-state index contributed by atoms with van der Waals surface area (Å²) in [5.41, 5.74) is 5.88. The molecule has 0 N–H and O–H groups in total. The van der Waals surface area contributed by atoms with Crippen molar-refractivity contribution in [3.8, 4) is 5.75 Å². The highest BCUT2D eigenvalue weighted by atomic mass is 16.5. The molecule has 7 atom stereocenters. The molecule has 4 unspecified atom stereocenters. The molecule has 36 heavy (non-hydrogen) atoms. The van der Waals surface area contributed by atoms with Crippen LogP contribution in [0.2, 0.25) is 0 Å². The summed E-state index contributed by atoms with van der Waals surface area (Å²) in [5, 5.41) is 0. The first kappa shape index (κ1) is 23.8. The van der Waals surface area contributed by atoms with Crippen LogP contribution in [-0.4, -0.2) is 6.61 Å². The second kappa shape index (κ2) is 9.40. The van der Waals surface area contributed by atoms with Crippen molar-refractivity contribution in [2.24, 2.45) is 23.2 Å². The molecule has 0 spiro atoms. The summed E-state index contributed by atoms with van der Waals surface area (Å²) in [7, 11) is 0. The van der Waals surface area contributed by atoms with Crippen LogP contribution >= 0.6 is 0 Å². The summed E-state index contributed by atoms with van der Waals surface area (Å²) in [6.45, 7) is 7.89. The molecule has 4 fully saturated rings. The molecule has 1 aliphatic heterocycles. The molecule has 3 aromatic carbocycles. The number of rotatable bonds is 2. The van der Waals surface area contributed by atoms with E-state index >= 15 is 0 Å². The molecular formula is C35H42O. The van der Waals surface area contributed by atoms with E-state index in [1.54, 1.807) is 11.1 Å². The largest absolute Gasteiger partial charge is 0.493 e. The Hall–Kier alpha value is -2.54. The van der Waals surface area contributed by atoms with Gasteiger partial charge in [0.05, 0.1) is 6.61 Å². The molecule has 0 saturated heterocycles. The number of hydrogen-bond acceptors (Lipinski definition) is 1. The van der Waals surface area contributed by atoms with E-state index in [2.05, 4.69) is 93.6 Å². The van der Waals surface area contributed by atoms with Crippen molar-refractivity contribution in [3.63, 3.8) is 0 Å². The average molecular weight is 479 g/mol. The minimum atomic E-state index is 0.580. The zero-order valence-electron chi connectivity index (χ0n) is 22.3. The normalized spacial score (nSPS) is 36.1. The van der Waals surface area contributed by atoms with Crippen LogP contribution in [0.3, 0.4) is 0 Å². The number of ether oxygens (including phenoxy) is 1. The Morgan fingerprint density at radius 2 is 1.39 bits per heavy atom. The fraction of sp³-hybridized carbons (Fsp3) is 0.486. The van der Waals surface area contributed by atoms with E-state index in [9.17, 15) is 0 Å². The first-order valence-electron chi connectivity index (χ1n) is 14.3. The molecule has 1 heterocycles. The molecule has 0 radical (unpaired) electrons. The number of benzene rings is 3. The predicted octanol–water partition coefficient (Wildman–Crippen LogP) is 9.15. The van der Waals surface area contributed by atoms with Gasteiger partial charge in [0.25, 0.3) is 0 Å². The van der Waals surface area contributed by atoms with E-state index in [0.717, 1.165) is 41.4 Å². The van der Waals surface area contributed by atoms with Gasteiger partial charge >= 0.3 is 0 Å². The van der Waals surface area contributed by atoms with E-state index in [4.69, 9.17) is 4.74 Å². The summed E-state index contributed by atoms with van der Waals surface area (Å²) in [4.78, 5) is 0. The Kier molecular flexibility index (Phi) is 6.22. The van der Waals surface area contributed by atoms with Crippen molar-refractivity contribution in [1.29, 1.82) is 0 Å². The van der Waals surface area contributed by atoms with Gasteiger partial charge in [-0.1, -0.05) is 99.6 Å². The molecule has 0 aromatic heterocycles. The monoisotopic (exact) mass is 478 g/mol. The van der Waals surface area contributed by atoms with Crippen LogP contribution in [0, 0.1) is 23.2 Å². The Morgan fingerprint density at radius 1 is 0.694 bits per heavy atom. The van der Waals surface area contributed by atoms with Crippen molar-refractivity contribution >= 4 is 0 Å². The van der Waals surface area contributed by atoms with Gasteiger partial charge < -0.3 is 4.74 Å². The van der Waals surface area contributed by atoms with Gasteiger partial charge in [-0.3, -0.25) is 0 Å². The highest BCUT2D eigenvalue weighted by Gasteiger charge is 2.59. The molecule has 188 valence electrons. The molecule has 1 nitrogen and oxygen atoms in total. The summed E-state index contributed by atoms with van der Waals surface area (Å²) >= 11 is 0. The molecule has 4 aliphatic carbocycles. The highest BCUT2D eigenvalue weighted by Crippen LogP contribution is 2.67. The van der Waals surface area contributed by atoms with Crippen molar-refractivity contribution in [2.75, 3.05) is 6.61 Å². The lowest BCUT2D eigenvalue weighted by atomic mass is 9.91. The number of fused-ring (bicyclic) bond motifs is 3. The van der Waals surface area contributed by atoms with Crippen LogP contribution in [0.1, 0.15) is 87.8 Å². The summed E-state index contributed by atoms with van der Waals surface area (Å²) in [6.07, 6.45) is 8.73. The van der Waals surface area contributed by atoms with Gasteiger partial charge in [0, 0.05) is 11.5 Å². The van der Waals surface area contributed by atoms with Crippen LogP contribution in [0.25, 0.3) is 0 Å². The molecule has 0 bridgehead atoms. The lowest BCUT2D eigenvalue weighted by Gasteiger charge is -2.13. The third-order valence-corrected chi connectivity index (χ3v) is 10.0. The van der Waals surface area contributed by atoms with E-state index in [1.807, 2.05) is 12.1 Å². The second-order valence-corrected chi connectivity index (χ2v) is 12.8. The SMILES string of the molecule is C[C@@]12CC(c3ccccc3)CC1C2.C[C@H]1CC2CC2(c2ccccc2)C1.C[C@H]1COc2ccccc21. The van der Waals surface area contributed by atoms with E-state index in [0.29, 0.717) is 11.3 Å². The first-order valence-corrected chi connectivity index (χ1v) is 14.3. The van der Waals surface area contributed by atoms with Crippen molar-refractivity contribution in [2.45, 2.75) is 76.5 Å². The third-order valence-electron chi connectivity index (χ3n) is 10.0. The van der Waals surface area contributed by atoms with Gasteiger partial charge in [-0.2, -0.15) is 0 Å². The van der Waals surface area contributed by atoms with Crippen molar-refractivity contribution in [3.05, 3.63) is 102 Å². The molecular weight excluding hydrogens is 436 g/mol. The summed E-state index contributed by atoms with van der Waals surface area (Å²) in [6, 6.07) is 30.4. The fourth-order valence-corrected chi connectivity index (χ4v) is 7.79. The van der Waals surface area contributed by atoms with Gasteiger partial charge in [0.15, 0.2) is 0 Å². The maximum atomic E-state index is 5.41. The molecule has 3 aromatic rings. The van der Waals surface area contributed by atoms with Gasteiger partial charge in [-0.05, 0) is 90.2 Å². The minimum absolute atomic E-state index is 0.580. The maximum absolute atomic E-state index is 5.41. The average Bonchev–Trinajstić information content (AvgIpc) is 3.57. The van der Waals surface area contributed by atoms with Crippen molar-refractivity contribution < 1.29 is 4.74 Å². The van der Waals surface area contributed by atoms with Crippen LogP contribution in [0.4, 0.5) is 0 Å². The minimum Gasteiger partial charge on any atom is -0.493 e. The zero-order chi connectivity index (χ0) is 24.8. The first-order chi connectivity index (χ1) is 17.5. The van der Waals surface area contributed by atoms with Crippen LogP contribution in [-0.2, 0) is 5.41 Å². The van der Waals surface area contributed by atoms with Crippen LogP contribution in [0.5, 0.6) is 5.75 Å². The number of para-hydroxylation sites is 1. The molecule has 5 aliphatic rings. The highest BCUT2D eigenvalue weighted by molar-refractivity contribution is 5.39. The quantitative estimate of drug-likeness (QED) is 0.357. The Bertz CT molecular complexity index is 1170. The van der Waals surface area contributed by atoms with Crippen LogP contribution in [0.15, 0.2) is 84.9 Å². The van der Waals surface area contributed by atoms with E-state index < -0.39 is 0 Å². The van der Waals surface area contributed by atoms with E-state index in [-0.39, 0.29) is 0 Å².